The molecule has 3 aromatic carbocycles. The Hall–Kier alpha value is -4.78. The Morgan fingerprint density at radius 2 is 1.82 bits per heavy atom. The standard InChI is InChI=1S/C32H31N5O2/c1-4-28-27-21-36(32(38)33-24-13-9-16-26(20-24)39-3)30(23-12-8-11-22(2)19-23)29-17-10-18-35(29)31(27)37(34-28)25-14-6-5-7-15-25/h5-20,30H,4,21H2,1-3H3,(H,33,38)/t30-/m1/s1. The summed E-state index contributed by atoms with van der Waals surface area (Å²) in [6.45, 7) is 4.59. The monoisotopic (exact) mass is 517 g/mol. The number of urea groups is 1. The van der Waals surface area contributed by atoms with E-state index in [-0.39, 0.29) is 12.1 Å². The number of aryl methyl sites for hydroxylation is 2. The van der Waals surface area contributed by atoms with E-state index < -0.39 is 0 Å². The van der Waals surface area contributed by atoms with Gasteiger partial charge in [-0.3, -0.25) is 0 Å². The molecule has 1 aliphatic rings. The molecule has 0 radical (unpaired) electrons. The van der Waals surface area contributed by atoms with Crippen LogP contribution in [0.1, 0.15) is 41.0 Å². The quantitative estimate of drug-likeness (QED) is 0.283. The molecule has 0 saturated carbocycles. The summed E-state index contributed by atoms with van der Waals surface area (Å²) in [6.07, 6.45) is 2.82. The molecule has 3 heterocycles. The number of ether oxygens (including phenoxy) is 1. The number of nitrogens with zero attached hydrogens (tertiary/aromatic N) is 4. The average molecular weight is 518 g/mol. The molecule has 0 saturated heterocycles. The number of hydrogen-bond acceptors (Lipinski definition) is 3. The van der Waals surface area contributed by atoms with Crippen LogP contribution in [0.2, 0.25) is 0 Å². The van der Waals surface area contributed by atoms with E-state index in [1.165, 1.54) is 0 Å². The topological polar surface area (TPSA) is 64.3 Å². The molecule has 0 spiro atoms. The first-order valence-electron chi connectivity index (χ1n) is 13.2. The fraction of sp³-hybridized carbons (Fsp3) is 0.188. The number of para-hydroxylation sites is 1. The number of benzene rings is 3. The lowest BCUT2D eigenvalue weighted by molar-refractivity contribution is 0.194. The van der Waals surface area contributed by atoms with E-state index >= 15 is 0 Å². The minimum absolute atomic E-state index is 0.190. The third-order valence-corrected chi connectivity index (χ3v) is 7.24. The van der Waals surface area contributed by atoms with E-state index in [1.807, 2.05) is 58.1 Å². The van der Waals surface area contributed by atoms with Gasteiger partial charge in [-0.2, -0.15) is 5.10 Å². The average Bonchev–Trinajstić information content (AvgIpc) is 3.54. The summed E-state index contributed by atoms with van der Waals surface area (Å²) >= 11 is 0. The van der Waals surface area contributed by atoms with Crippen LogP contribution in [0, 0.1) is 6.92 Å². The summed E-state index contributed by atoms with van der Waals surface area (Å²) in [4.78, 5) is 16.1. The van der Waals surface area contributed by atoms with Gasteiger partial charge in [-0.25, -0.2) is 9.48 Å². The zero-order valence-corrected chi connectivity index (χ0v) is 22.3. The Labute approximate surface area is 228 Å². The third-order valence-electron chi connectivity index (χ3n) is 7.24. The van der Waals surface area contributed by atoms with Crippen LogP contribution in [-0.2, 0) is 13.0 Å². The minimum atomic E-state index is -0.313. The van der Waals surface area contributed by atoms with Crippen molar-refractivity contribution in [3.8, 4) is 17.3 Å². The lowest BCUT2D eigenvalue weighted by atomic mass is 10.00. The van der Waals surface area contributed by atoms with Crippen molar-refractivity contribution in [1.29, 1.82) is 0 Å². The fourth-order valence-corrected chi connectivity index (χ4v) is 5.44. The second kappa shape index (κ2) is 10.2. The zero-order chi connectivity index (χ0) is 26.9. The molecule has 7 heteroatoms. The Balaban J connectivity index is 1.54. The first-order valence-corrected chi connectivity index (χ1v) is 13.2. The van der Waals surface area contributed by atoms with Gasteiger partial charge in [-0.15, -0.1) is 0 Å². The Morgan fingerprint density at radius 3 is 2.59 bits per heavy atom. The van der Waals surface area contributed by atoms with Crippen molar-refractivity contribution < 1.29 is 9.53 Å². The van der Waals surface area contributed by atoms with E-state index in [0.717, 1.165) is 46.0 Å². The number of carbonyl (C=O) groups is 1. The van der Waals surface area contributed by atoms with E-state index in [4.69, 9.17) is 9.84 Å². The molecule has 2 amide bonds. The van der Waals surface area contributed by atoms with Crippen molar-refractivity contribution in [2.45, 2.75) is 32.9 Å². The summed E-state index contributed by atoms with van der Waals surface area (Å²) in [7, 11) is 1.62. The van der Waals surface area contributed by atoms with E-state index in [0.29, 0.717) is 18.0 Å². The number of hydrogen-bond donors (Lipinski definition) is 1. The van der Waals surface area contributed by atoms with E-state index in [2.05, 4.69) is 72.4 Å². The molecule has 7 nitrogen and oxygen atoms in total. The van der Waals surface area contributed by atoms with Crippen molar-refractivity contribution in [1.82, 2.24) is 19.2 Å². The van der Waals surface area contributed by atoms with Gasteiger partial charge in [0.25, 0.3) is 0 Å². The Morgan fingerprint density at radius 1 is 1.00 bits per heavy atom. The summed E-state index contributed by atoms with van der Waals surface area (Å²) in [5.41, 5.74) is 6.86. The van der Waals surface area contributed by atoms with Crippen molar-refractivity contribution in [3.05, 3.63) is 125 Å². The van der Waals surface area contributed by atoms with Gasteiger partial charge in [0.15, 0.2) is 0 Å². The molecule has 0 unspecified atom stereocenters. The van der Waals surface area contributed by atoms with Gasteiger partial charge >= 0.3 is 6.03 Å². The second-order valence-electron chi connectivity index (χ2n) is 9.76. The van der Waals surface area contributed by atoms with Crippen LogP contribution in [-0.4, -0.2) is 32.4 Å². The van der Waals surface area contributed by atoms with Crippen LogP contribution in [0.4, 0.5) is 10.5 Å². The maximum Gasteiger partial charge on any atom is 0.322 e. The highest BCUT2D eigenvalue weighted by Crippen LogP contribution is 2.39. The predicted octanol–water partition coefficient (Wildman–Crippen LogP) is 6.68. The number of carbonyl (C=O) groups excluding carboxylic acids is 1. The summed E-state index contributed by atoms with van der Waals surface area (Å²) in [6, 6.07) is 29.6. The van der Waals surface area contributed by atoms with Crippen LogP contribution in [0.15, 0.2) is 97.2 Å². The van der Waals surface area contributed by atoms with Crippen molar-refractivity contribution in [3.63, 3.8) is 0 Å². The third kappa shape index (κ3) is 4.46. The van der Waals surface area contributed by atoms with Gasteiger partial charge in [-0.1, -0.05) is 61.0 Å². The molecule has 0 aliphatic carbocycles. The largest absolute Gasteiger partial charge is 0.497 e. The molecule has 0 bridgehead atoms. The molecule has 0 fully saturated rings. The van der Waals surface area contributed by atoms with Crippen LogP contribution in [0.25, 0.3) is 11.5 Å². The highest BCUT2D eigenvalue weighted by molar-refractivity contribution is 5.90. The molecule has 1 atom stereocenters. The number of methoxy groups -OCH3 is 1. The molecular formula is C32H31N5O2. The Bertz CT molecular complexity index is 1640. The highest BCUT2D eigenvalue weighted by Gasteiger charge is 2.36. The highest BCUT2D eigenvalue weighted by atomic mass is 16.5. The van der Waals surface area contributed by atoms with Gasteiger partial charge in [-0.05, 0) is 55.3 Å². The lowest BCUT2D eigenvalue weighted by Gasteiger charge is -2.31. The summed E-state index contributed by atoms with van der Waals surface area (Å²) in [5.74, 6) is 1.65. The van der Waals surface area contributed by atoms with Gasteiger partial charge in [0.1, 0.15) is 11.6 Å². The second-order valence-corrected chi connectivity index (χ2v) is 9.76. The van der Waals surface area contributed by atoms with Crippen molar-refractivity contribution >= 4 is 11.7 Å². The number of fused-ring (bicyclic) bond motifs is 3. The molecule has 1 N–H and O–H groups in total. The first kappa shape index (κ1) is 24.6. The number of rotatable bonds is 5. The summed E-state index contributed by atoms with van der Waals surface area (Å²) in [5, 5.41) is 8.16. The van der Waals surface area contributed by atoms with Gasteiger partial charge in [0.2, 0.25) is 0 Å². The maximum atomic E-state index is 14.1. The first-order chi connectivity index (χ1) is 19.1. The van der Waals surface area contributed by atoms with E-state index in [9.17, 15) is 4.79 Å². The van der Waals surface area contributed by atoms with Crippen LogP contribution in [0.3, 0.4) is 0 Å². The molecule has 1 aliphatic heterocycles. The molecular weight excluding hydrogens is 486 g/mol. The number of aromatic nitrogens is 3. The van der Waals surface area contributed by atoms with Crippen molar-refractivity contribution in [2.24, 2.45) is 0 Å². The molecule has 5 aromatic rings. The molecule has 2 aromatic heterocycles. The van der Waals surface area contributed by atoms with Crippen LogP contribution in [0.5, 0.6) is 5.75 Å². The van der Waals surface area contributed by atoms with Gasteiger partial charge in [0.05, 0.1) is 36.8 Å². The number of anilines is 1. The smallest absolute Gasteiger partial charge is 0.322 e. The van der Waals surface area contributed by atoms with E-state index in [1.54, 1.807) is 7.11 Å². The fourth-order valence-electron chi connectivity index (χ4n) is 5.44. The van der Waals surface area contributed by atoms with Crippen LogP contribution < -0.4 is 10.1 Å². The van der Waals surface area contributed by atoms with Crippen molar-refractivity contribution in [2.75, 3.05) is 12.4 Å². The Kier molecular flexibility index (Phi) is 6.40. The summed E-state index contributed by atoms with van der Waals surface area (Å²) < 4.78 is 9.59. The molecule has 196 valence electrons. The minimum Gasteiger partial charge on any atom is -0.497 e. The van der Waals surface area contributed by atoms with Crippen LogP contribution >= 0.6 is 0 Å². The number of nitrogens with one attached hydrogen (secondary N) is 1. The maximum absolute atomic E-state index is 14.1. The lowest BCUT2D eigenvalue weighted by Crippen LogP contribution is -2.38. The predicted molar refractivity (Wildman–Crippen MR) is 153 cm³/mol. The zero-order valence-electron chi connectivity index (χ0n) is 22.3. The number of amides is 2. The van der Waals surface area contributed by atoms with Gasteiger partial charge in [0, 0.05) is 23.5 Å². The normalized spacial score (nSPS) is 14.3. The molecule has 6 rings (SSSR count). The SMILES string of the molecule is CCc1nn(-c2ccccc2)c2c1CN(C(=O)Nc1cccc(OC)c1)[C@H](c1cccc(C)c1)c1cccn1-2. The van der Waals surface area contributed by atoms with Gasteiger partial charge < -0.3 is 19.5 Å². The molecule has 39 heavy (non-hydrogen) atoms.